The van der Waals surface area contributed by atoms with Crippen molar-refractivity contribution < 1.29 is 14.2 Å². The lowest BCUT2D eigenvalue weighted by Gasteiger charge is -2.39. The maximum Gasteiger partial charge on any atom is 0.126 e. The Kier molecular flexibility index (Phi) is 6.76. The summed E-state index contributed by atoms with van der Waals surface area (Å²) in [6.45, 7) is 2.53. The van der Waals surface area contributed by atoms with E-state index in [4.69, 9.17) is 4.74 Å². The fraction of sp³-hybridized carbons (Fsp3) is 0.440. The van der Waals surface area contributed by atoms with Gasteiger partial charge in [-0.3, -0.25) is 0 Å². The first kappa shape index (κ1) is 21.5. The van der Waals surface area contributed by atoms with Crippen molar-refractivity contribution in [3.63, 3.8) is 0 Å². The highest BCUT2D eigenvalue weighted by Gasteiger charge is 2.43. The van der Waals surface area contributed by atoms with Crippen LogP contribution in [-0.2, 0) is 5.60 Å². The summed E-state index contributed by atoms with van der Waals surface area (Å²) in [6, 6.07) is 12.9. The highest BCUT2D eigenvalue weighted by molar-refractivity contribution is 5.58. The van der Waals surface area contributed by atoms with Crippen molar-refractivity contribution in [3.05, 3.63) is 70.5 Å². The van der Waals surface area contributed by atoms with Gasteiger partial charge in [0.25, 0.3) is 0 Å². The Morgan fingerprint density at radius 3 is 2.52 bits per heavy atom. The van der Waals surface area contributed by atoms with Crippen LogP contribution in [0.5, 0.6) is 5.75 Å². The lowest BCUT2D eigenvalue weighted by Crippen LogP contribution is -2.41. The summed E-state index contributed by atoms with van der Waals surface area (Å²) < 4.78 is 19.2. The molecular formula is C25H32FNO2. The molecule has 2 aromatic carbocycles. The third-order valence-electron chi connectivity index (χ3n) is 5.97. The van der Waals surface area contributed by atoms with Gasteiger partial charge in [0, 0.05) is 12.5 Å². The molecule has 0 radical (unpaired) electrons. The molecule has 3 nitrogen and oxygen atoms in total. The summed E-state index contributed by atoms with van der Waals surface area (Å²) in [4.78, 5) is 2.13. The summed E-state index contributed by atoms with van der Waals surface area (Å²) in [5.74, 6) is 0.605. The first-order valence-electron chi connectivity index (χ1n) is 10.3. The molecule has 0 aromatic heterocycles. The molecule has 1 aliphatic rings. The lowest BCUT2D eigenvalue weighted by atomic mass is 9.73. The molecule has 0 spiro atoms. The highest BCUT2D eigenvalue weighted by atomic mass is 19.1. The molecule has 1 saturated carbocycles. The fourth-order valence-corrected chi connectivity index (χ4v) is 4.42. The van der Waals surface area contributed by atoms with Gasteiger partial charge in [-0.1, -0.05) is 30.7 Å². The number of methoxy groups -OCH3 is 1. The van der Waals surface area contributed by atoms with E-state index >= 15 is 0 Å². The third-order valence-corrected chi connectivity index (χ3v) is 5.97. The summed E-state index contributed by atoms with van der Waals surface area (Å²) in [7, 11) is 5.72. The molecule has 2 aromatic rings. The lowest BCUT2D eigenvalue weighted by molar-refractivity contribution is 0.000389. The van der Waals surface area contributed by atoms with E-state index in [1.807, 2.05) is 44.4 Å². The second-order valence-corrected chi connectivity index (χ2v) is 8.38. The SMILES string of the molecule is COc1ccc(C=C2CCCCC(CN(C)C)C2(O)c2ccc(F)c(C)c2)cc1. The summed E-state index contributed by atoms with van der Waals surface area (Å²) in [5.41, 5.74) is 2.25. The van der Waals surface area contributed by atoms with Gasteiger partial charge in [0.05, 0.1) is 7.11 Å². The van der Waals surface area contributed by atoms with E-state index in [1.54, 1.807) is 20.1 Å². The number of benzene rings is 2. The molecule has 0 aliphatic heterocycles. The number of ether oxygens (including phenoxy) is 1. The molecule has 1 N–H and O–H groups in total. The van der Waals surface area contributed by atoms with Crippen molar-refractivity contribution in [2.45, 2.75) is 38.2 Å². The van der Waals surface area contributed by atoms with Gasteiger partial charge in [-0.2, -0.15) is 0 Å². The number of aryl methyl sites for hydroxylation is 1. The molecule has 4 heteroatoms. The molecule has 156 valence electrons. The van der Waals surface area contributed by atoms with Gasteiger partial charge in [-0.05, 0) is 86.8 Å². The van der Waals surface area contributed by atoms with E-state index in [-0.39, 0.29) is 11.7 Å². The molecule has 0 amide bonds. The maximum atomic E-state index is 14.0. The Balaban J connectivity index is 2.13. The number of hydrogen-bond donors (Lipinski definition) is 1. The normalized spacial score (nSPS) is 24.0. The van der Waals surface area contributed by atoms with E-state index in [9.17, 15) is 9.50 Å². The maximum absolute atomic E-state index is 14.0. The van der Waals surface area contributed by atoms with Crippen LogP contribution in [0.15, 0.2) is 48.0 Å². The zero-order valence-corrected chi connectivity index (χ0v) is 17.9. The van der Waals surface area contributed by atoms with Crippen LogP contribution in [0.25, 0.3) is 6.08 Å². The summed E-state index contributed by atoms with van der Waals surface area (Å²) >= 11 is 0. The van der Waals surface area contributed by atoms with E-state index in [0.717, 1.165) is 54.7 Å². The Labute approximate surface area is 173 Å². The number of halogens is 1. The van der Waals surface area contributed by atoms with Crippen LogP contribution in [0.2, 0.25) is 0 Å². The van der Waals surface area contributed by atoms with Crippen molar-refractivity contribution >= 4 is 6.08 Å². The quantitative estimate of drug-likeness (QED) is 0.707. The molecule has 2 unspecified atom stereocenters. The van der Waals surface area contributed by atoms with Crippen molar-refractivity contribution in [3.8, 4) is 5.75 Å². The van der Waals surface area contributed by atoms with Gasteiger partial charge >= 0.3 is 0 Å². The summed E-state index contributed by atoms with van der Waals surface area (Å²) in [5, 5.41) is 12.2. The molecule has 3 rings (SSSR count). The Morgan fingerprint density at radius 1 is 1.17 bits per heavy atom. The number of nitrogens with zero attached hydrogens (tertiary/aromatic N) is 1. The topological polar surface area (TPSA) is 32.7 Å². The minimum absolute atomic E-state index is 0.0364. The first-order valence-corrected chi connectivity index (χ1v) is 10.3. The molecule has 1 fully saturated rings. The molecular weight excluding hydrogens is 365 g/mol. The van der Waals surface area contributed by atoms with Gasteiger partial charge < -0.3 is 14.7 Å². The Morgan fingerprint density at radius 2 is 1.90 bits per heavy atom. The van der Waals surface area contributed by atoms with Gasteiger partial charge in [0.15, 0.2) is 0 Å². The van der Waals surface area contributed by atoms with E-state index < -0.39 is 5.60 Å². The predicted octanol–water partition coefficient (Wildman–Crippen LogP) is 5.17. The highest BCUT2D eigenvalue weighted by Crippen LogP contribution is 2.45. The van der Waals surface area contributed by atoms with Crippen molar-refractivity contribution in [1.82, 2.24) is 4.90 Å². The fourth-order valence-electron chi connectivity index (χ4n) is 4.42. The van der Waals surface area contributed by atoms with Gasteiger partial charge in [-0.25, -0.2) is 4.39 Å². The molecule has 2 atom stereocenters. The van der Waals surface area contributed by atoms with Crippen LogP contribution in [-0.4, -0.2) is 37.8 Å². The van der Waals surface area contributed by atoms with Gasteiger partial charge in [0.1, 0.15) is 17.2 Å². The average molecular weight is 398 g/mol. The Bertz CT molecular complexity index is 860. The van der Waals surface area contributed by atoms with Crippen molar-refractivity contribution in [1.29, 1.82) is 0 Å². The minimum Gasteiger partial charge on any atom is -0.497 e. The number of hydrogen-bond acceptors (Lipinski definition) is 3. The van der Waals surface area contributed by atoms with E-state index in [2.05, 4.69) is 11.0 Å². The molecule has 0 bridgehead atoms. The van der Waals surface area contributed by atoms with Gasteiger partial charge in [-0.15, -0.1) is 0 Å². The van der Waals surface area contributed by atoms with Crippen LogP contribution in [0.4, 0.5) is 4.39 Å². The minimum atomic E-state index is -1.13. The van der Waals surface area contributed by atoms with Crippen LogP contribution in [0, 0.1) is 18.7 Å². The zero-order valence-electron chi connectivity index (χ0n) is 17.9. The van der Waals surface area contributed by atoms with Crippen LogP contribution < -0.4 is 4.74 Å². The first-order chi connectivity index (χ1) is 13.8. The Hall–Kier alpha value is -2.17. The molecule has 0 saturated heterocycles. The van der Waals surface area contributed by atoms with E-state index in [0.29, 0.717) is 5.56 Å². The second kappa shape index (κ2) is 9.10. The monoisotopic (exact) mass is 397 g/mol. The van der Waals surface area contributed by atoms with Crippen LogP contribution >= 0.6 is 0 Å². The molecule has 0 heterocycles. The summed E-state index contributed by atoms with van der Waals surface area (Å²) in [6.07, 6.45) is 5.97. The number of rotatable bonds is 5. The molecule has 29 heavy (non-hydrogen) atoms. The van der Waals surface area contributed by atoms with Crippen LogP contribution in [0.1, 0.15) is 42.4 Å². The molecule has 1 aliphatic carbocycles. The largest absolute Gasteiger partial charge is 0.497 e. The van der Waals surface area contributed by atoms with Crippen molar-refractivity contribution in [2.24, 2.45) is 5.92 Å². The average Bonchev–Trinajstić information content (AvgIpc) is 2.85. The zero-order chi connectivity index (χ0) is 21.0. The smallest absolute Gasteiger partial charge is 0.126 e. The van der Waals surface area contributed by atoms with Gasteiger partial charge in [0.2, 0.25) is 0 Å². The van der Waals surface area contributed by atoms with Crippen LogP contribution in [0.3, 0.4) is 0 Å². The third kappa shape index (κ3) is 4.71. The predicted molar refractivity (Wildman–Crippen MR) is 117 cm³/mol. The standard InChI is InChI=1S/C25H32FNO2/c1-18-15-21(11-14-24(18)26)25(28)20(7-5-6-8-22(25)17-27(2)3)16-19-9-12-23(29-4)13-10-19/h9-16,22,28H,5-8,17H2,1-4H3. The number of aliphatic hydroxyl groups is 1. The van der Waals surface area contributed by atoms with Crippen molar-refractivity contribution in [2.75, 3.05) is 27.7 Å². The van der Waals surface area contributed by atoms with E-state index in [1.165, 1.54) is 6.07 Å². The second-order valence-electron chi connectivity index (χ2n) is 8.38.